The molecule has 1 aliphatic heterocycles. The average Bonchev–Trinajstić information content (AvgIpc) is 2.49. The molecule has 2 rings (SSSR count). The average molecular weight is 293 g/mol. The number of anilines is 1. The molecule has 0 aromatic carbocycles. The maximum Gasteiger partial charge on any atom is 0.174 e. The summed E-state index contributed by atoms with van der Waals surface area (Å²) >= 11 is 0. The van der Waals surface area contributed by atoms with E-state index in [0.717, 1.165) is 37.2 Å². The Morgan fingerprint density at radius 1 is 1.48 bits per heavy atom. The minimum Gasteiger partial charge on any atom is -0.409 e. The van der Waals surface area contributed by atoms with Crippen LogP contribution in [0.4, 0.5) is 5.82 Å². The quantitative estimate of drug-likeness (QED) is 0.375. The molecule has 1 atom stereocenters. The van der Waals surface area contributed by atoms with Crippen LogP contribution in [0.2, 0.25) is 0 Å². The Morgan fingerprint density at radius 3 is 2.90 bits per heavy atom. The highest BCUT2D eigenvalue weighted by atomic mass is 16.5. The molecule has 7 heteroatoms. The maximum atomic E-state index is 9.03. The fourth-order valence-corrected chi connectivity index (χ4v) is 2.68. The van der Waals surface area contributed by atoms with E-state index < -0.39 is 0 Å². The highest BCUT2D eigenvalue weighted by Gasteiger charge is 2.26. The fraction of sp³-hybridized carbons (Fsp3) is 0.643. The van der Waals surface area contributed by atoms with Crippen molar-refractivity contribution < 1.29 is 9.94 Å². The van der Waals surface area contributed by atoms with E-state index in [-0.39, 0.29) is 11.9 Å². The Bertz CT molecular complexity index is 530. The molecular weight excluding hydrogens is 270 g/mol. The summed E-state index contributed by atoms with van der Waals surface area (Å²) in [6.45, 7) is 8.08. The molecule has 1 unspecified atom stereocenters. The van der Waals surface area contributed by atoms with Gasteiger partial charge in [-0.05, 0) is 39.2 Å². The lowest BCUT2D eigenvalue weighted by atomic mass is 10.0. The molecule has 0 saturated carbocycles. The van der Waals surface area contributed by atoms with Crippen molar-refractivity contribution in [1.29, 1.82) is 0 Å². The predicted octanol–water partition coefficient (Wildman–Crippen LogP) is 1.19. The molecule has 0 radical (unpaired) electrons. The van der Waals surface area contributed by atoms with Crippen LogP contribution in [-0.4, -0.2) is 47.0 Å². The largest absolute Gasteiger partial charge is 0.409 e. The van der Waals surface area contributed by atoms with Crippen LogP contribution >= 0.6 is 0 Å². The van der Waals surface area contributed by atoms with E-state index in [9.17, 15) is 0 Å². The molecule has 2 heterocycles. The Morgan fingerprint density at radius 2 is 2.24 bits per heavy atom. The van der Waals surface area contributed by atoms with Gasteiger partial charge in [0.25, 0.3) is 0 Å². The van der Waals surface area contributed by atoms with Crippen LogP contribution in [-0.2, 0) is 4.74 Å². The number of rotatable bonds is 4. The maximum absolute atomic E-state index is 9.03. The first-order valence-electron chi connectivity index (χ1n) is 7.26. The molecule has 1 aliphatic rings. The van der Waals surface area contributed by atoms with Crippen molar-refractivity contribution in [2.75, 3.05) is 24.6 Å². The third-order valence-corrected chi connectivity index (χ3v) is 3.88. The number of aromatic nitrogens is 2. The van der Waals surface area contributed by atoms with Gasteiger partial charge in [0.05, 0.1) is 17.4 Å². The van der Waals surface area contributed by atoms with E-state index in [1.807, 2.05) is 20.8 Å². The van der Waals surface area contributed by atoms with E-state index in [1.165, 1.54) is 0 Å². The molecule has 1 saturated heterocycles. The second kappa shape index (κ2) is 6.71. The first kappa shape index (κ1) is 15.5. The number of oxime groups is 1. The number of aryl methyl sites for hydroxylation is 1. The number of hydrogen-bond acceptors (Lipinski definition) is 6. The second-order valence-corrected chi connectivity index (χ2v) is 5.26. The normalized spacial score (nSPS) is 19.9. The zero-order valence-electron chi connectivity index (χ0n) is 12.8. The summed E-state index contributed by atoms with van der Waals surface area (Å²) < 4.78 is 5.71. The van der Waals surface area contributed by atoms with Crippen LogP contribution in [0.1, 0.15) is 36.6 Å². The SMILES string of the molecule is CCOC1CCCN(c2nnc(C)c(C)c2C(N)=NO)C1. The molecule has 21 heavy (non-hydrogen) atoms. The van der Waals surface area contributed by atoms with Gasteiger partial charge in [0.15, 0.2) is 11.7 Å². The monoisotopic (exact) mass is 293 g/mol. The van der Waals surface area contributed by atoms with Crippen molar-refractivity contribution in [2.24, 2.45) is 10.9 Å². The third kappa shape index (κ3) is 3.24. The summed E-state index contributed by atoms with van der Waals surface area (Å²) in [4.78, 5) is 2.11. The van der Waals surface area contributed by atoms with Crippen LogP contribution in [0.25, 0.3) is 0 Å². The molecule has 0 bridgehead atoms. The second-order valence-electron chi connectivity index (χ2n) is 5.26. The number of hydrogen-bond donors (Lipinski definition) is 2. The lowest BCUT2D eigenvalue weighted by molar-refractivity contribution is 0.0525. The van der Waals surface area contributed by atoms with E-state index in [1.54, 1.807) is 0 Å². The Kier molecular flexibility index (Phi) is 4.95. The number of nitrogens with zero attached hydrogens (tertiary/aromatic N) is 4. The standard InChI is InChI=1S/C14H23N5O2/c1-4-21-11-6-5-7-19(8-11)14-12(13(15)18-20)9(2)10(3)16-17-14/h11,20H,4-8H2,1-3H3,(H2,15,18). The first-order valence-corrected chi connectivity index (χ1v) is 7.26. The van der Waals surface area contributed by atoms with Crippen molar-refractivity contribution in [2.45, 2.75) is 39.7 Å². The van der Waals surface area contributed by atoms with Gasteiger partial charge in [-0.2, -0.15) is 5.10 Å². The lowest BCUT2D eigenvalue weighted by Crippen LogP contribution is -2.41. The van der Waals surface area contributed by atoms with Crippen LogP contribution < -0.4 is 10.6 Å². The number of ether oxygens (including phenoxy) is 1. The summed E-state index contributed by atoms with van der Waals surface area (Å²) in [7, 11) is 0. The smallest absolute Gasteiger partial charge is 0.174 e. The Balaban J connectivity index is 2.37. The Labute approximate surface area is 124 Å². The topological polar surface area (TPSA) is 96.9 Å². The molecule has 1 aromatic rings. The van der Waals surface area contributed by atoms with E-state index in [4.69, 9.17) is 15.7 Å². The van der Waals surface area contributed by atoms with Gasteiger partial charge in [-0.25, -0.2) is 0 Å². The van der Waals surface area contributed by atoms with Crippen molar-refractivity contribution in [3.63, 3.8) is 0 Å². The molecule has 1 aromatic heterocycles. The molecule has 116 valence electrons. The zero-order valence-corrected chi connectivity index (χ0v) is 12.8. The van der Waals surface area contributed by atoms with Gasteiger partial charge in [0, 0.05) is 19.7 Å². The van der Waals surface area contributed by atoms with Gasteiger partial charge >= 0.3 is 0 Å². The van der Waals surface area contributed by atoms with Crippen molar-refractivity contribution in [3.8, 4) is 0 Å². The molecule has 1 fully saturated rings. The van der Waals surface area contributed by atoms with Crippen molar-refractivity contribution in [1.82, 2.24) is 10.2 Å². The lowest BCUT2D eigenvalue weighted by Gasteiger charge is -2.34. The van der Waals surface area contributed by atoms with E-state index >= 15 is 0 Å². The van der Waals surface area contributed by atoms with Gasteiger partial charge in [-0.15, -0.1) is 5.10 Å². The van der Waals surface area contributed by atoms with Crippen LogP contribution in [0.5, 0.6) is 0 Å². The summed E-state index contributed by atoms with van der Waals surface area (Å²) in [6, 6.07) is 0. The van der Waals surface area contributed by atoms with Gasteiger partial charge in [-0.3, -0.25) is 0 Å². The first-order chi connectivity index (χ1) is 10.1. The minimum absolute atomic E-state index is 0.0685. The zero-order chi connectivity index (χ0) is 15.4. The summed E-state index contributed by atoms with van der Waals surface area (Å²) in [5, 5.41) is 20.6. The van der Waals surface area contributed by atoms with Gasteiger partial charge < -0.3 is 20.6 Å². The van der Waals surface area contributed by atoms with Gasteiger partial charge in [-0.1, -0.05) is 5.16 Å². The van der Waals surface area contributed by atoms with E-state index in [2.05, 4.69) is 20.3 Å². The highest BCUT2D eigenvalue weighted by Crippen LogP contribution is 2.25. The van der Waals surface area contributed by atoms with Crippen LogP contribution in [0, 0.1) is 13.8 Å². The molecule has 0 spiro atoms. The number of piperidine rings is 1. The molecular formula is C14H23N5O2. The van der Waals surface area contributed by atoms with Crippen LogP contribution in [0.3, 0.4) is 0 Å². The van der Waals surface area contributed by atoms with E-state index in [0.29, 0.717) is 18.0 Å². The predicted molar refractivity (Wildman–Crippen MR) is 80.9 cm³/mol. The fourth-order valence-electron chi connectivity index (χ4n) is 2.68. The third-order valence-electron chi connectivity index (χ3n) is 3.88. The summed E-state index contributed by atoms with van der Waals surface area (Å²) in [5.41, 5.74) is 8.15. The number of amidine groups is 1. The van der Waals surface area contributed by atoms with Crippen molar-refractivity contribution in [3.05, 3.63) is 16.8 Å². The number of nitrogens with two attached hydrogens (primary N) is 1. The molecule has 7 nitrogen and oxygen atoms in total. The molecule has 0 amide bonds. The summed E-state index contributed by atoms with van der Waals surface area (Å²) in [5.74, 6) is 0.733. The van der Waals surface area contributed by atoms with Gasteiger partial charge in [0.1, 0.15) is 0 Å². The molecule has 0 aliphatic carbocycles. The Hall–Kier alpha value is -1.89. The molecule has 3 N–H and O–H groups in total. The van der Waals surface area contributed by atoms with Crippen LogP contribution in [0.15, 0.2) is 5.16 Å². The summed E-state index contributed by atoms with van der Waals surface area (Å²) in [6.07, 6.45) is 2.25. The highest BCUT2D eigenvalue weighted by molar-refractivity contribution is 6.02. The van der Waals surface area contributed by atoms with Gasteiger partial charge in [0.2, 0.25) is 0 Å². The van der Waals surface area contributed by atoms with Crippen molar-refractivity contribution >= 4 is 11.7 Å². The minimum atomic E-state index is 0.0685.